The van der Waals surface area contributed by atoms with Gasteiger partial charge in [-0.1, -0.05) is 17.7 Å². The number of H-pyrrole nitrogens is 1. The van der Waals surface area contributed by atoms with Crippen molar-refractivity contribution < 1.29 is 4.79 Å². The molecule has 1 fully saturated rings. The van der Waals surface area contributed by atoms with E-state index in [0.29, 0.717) is 18.0 Å². The van der Waals surface area contributed by atoms with Crippen LogP contribution in [0.25, 0.3) is 0 Å². The van der Waals surface area contributed by atoms with Crippen molar-refractivity contribution >= 4 is 17.5 Å². The number of aromatic nitrogens is 2. The highest BCUT2D eigenvalue weighted by Gasteiger charge is 2.25. The van der Waals surface area contributed by atoms with Crippen molar-refractivity contribution in [2.24, 2.45) is 5.92 Å². The zero-order chi connectivity index (χ0) is 17.1. The maximum atomic E-state index is 12.6. The van der Waals surface area contributed by atoms with Crippen molar-refractivity contribution in [2.45, 2.75) is 26.2 Å². The minimum atomic E-state index is -0.379. The van der Waals surface area contributed by atoms with Crippen LogP contribution in [0.3, 0.4) is 0 Å². The SMILES string of the molecule is Cc1cccc(C[C@H]2CCCN(C(=O)c3c[nH]c(=O)c(Cl)c3)C2)n1. The normalized spacial score (nSPS) is 17.8. The van der Waals surface area contributed by atoms with Crippen LogP contribution in [0.5, 0.6) is 0 Å². The summed E-state index contributed by atoms with van der Waals surface area (Å²) in [6, 6.07) is 7.48. The zero-order valence-electron chi connectivity index (χ0n) is 13.6. The van der Waals surface area contributed by atoms with Crippen molar-refractivity contribution in [3.63, 3.8) is 0 Å². The number of carbonyl (C=O) groups excluding carboxylic acids is 1. The molecule has 3 rings (SSSR count). The number of nitrogens with zero attached hydrogens (tertiary/aromatic N) is 2. The fourth-order valence-electron chi connectivity index (χ4n) is 3.19. The summed E-state index contributed by atoms with van der Waals surface area (Å²) in [5.74, 6) is 0.310. The molecule has 0 radical (unpaired) electrons. The van der Waals surface area contributed by atoms with Gasteiger partial charge in [0.15, 0.2) is 0 Å². The van der Waals surface area contributed by atoms with Crippen molar-refractivity contribution in [3.8, 4) is 0 Å². The molecule has 1 atom stereocenters. The first-order valence-electron chi connectivity index (χ1n) is 8.13. The molecule has 0 saturated carbocycles. The highest BCUT2D eigenvalue weighted by molar-refractivity contribution is 6.30. The van der Waals surface area contributed by atoms with E-state index in [1.54, 1.807) is 0 Å². The molecule has 0 aromatic carbocycles. The van der Waals surface area contributed by atoms with Gasteiger partial charge >= 0.3 is 0 Å². The Morgan fingerprint density at radius 1 is 1.46 bits per heavy atom. The second-order valence-corrected chi connectivity index (χ2v) is 6.71. The molecule has 24 heavy (non-hydrogen) atoms. The molecule has 0 spiro atoms. The van der Waals surface area contributed by atoms with Crippen LogP contribution in [0.15, 0.2) is 35.3 Å². The van der Waals surface area contributed by atoms with Crippen molar-refractivity contribution in [1.29, 1.82) is 0 Å². The minimum Gasteiger partial charge on any atom is -0.338 e. The molecule has 1 amide bonds. The quantitative estimate of drug-likeness (QED) is 0.930. The van der Waals surface area contributed by atoms with E-state index in [9.17, 15) is 9.59 Å². The van der Waals surface area contributed by atoms with E-state index in [2.05, 4.69) is 9.97 Å². The van der Waals surface area contributed by atoms with Gasteiger partial charge in [-0.05, 0) is 50.3 Å². The van der Waals surface area contributed by atoms with Gasteiger partial charge in [0.05, 0.1) is 5.56 Å². The predicted molar refractivity (Wildman–Crippen MR) is 93.4 cm³/mol. The van der Waals surface area contributed by atoms with E-state index in [1.165, 1.54) is 12.3 Å². The summed E-state index contributed by atoms with van der Waals surface area (Å²) in [7, 11) is 0. The third kappa shape index (κ3) is 3.85. The molecular formula is C18H20ClN3O2. The number of likely N-dealkylation sites (tertiary alicyclic amines) is 1. The molecule has 1 N–H and O–H groups in total. The van der Waals surface area contributed by atoms with Gasteiger partial charge in [-0.3, -0.25) is 14.6 Å². The maximum absolute atomic E-state index is 12.6. The van der Waals surface area contributed by atoms with Gasteiger partial charge in [0.25, 0.3) is 11.5 Å². The van der Waals surface area contributed by atoms with Gasteiger partial charge in [-0.15, -0.1) is 0 Å². The number of halogens is 1. The van der Waals surface area contributed by atoms with E-state index < -0.39 is 0 Å². The van der Waals surface area contributed by atoms with Crippen molar-refractivity contribution in [1.82, 2.24) is 14.9 Å². The summed E-state index contributed by atoms with van der Waals surface area (Å²) in [5.41, 5.74) is 2.13. The molecule has 6 heteroatoms. The van der Waals surface area contributed by atoms with Gasteiger partial charge in [0.1, 0.15) is 5.02 Å². The van der Waals surface area contributed by atoms with Crippen LogP contribution < -0.4 is 5.56 Å². The summed E-state index contributed by atoms with van der Waals surface area (Å²) in [6.07, 6.45) is 4.37. The van der Waals surface area contributed by atoms with Crippen LogP contribution in [0.2, 0.25) is 5.02 Å². The molecule has 1 saturated heterocycles. The number of aryl methyl sites for hydroxylation is 1. The molecule has 1 aliphatic heterocycles. The third-order valence-electron chi connectivity index (χ3n) is 4.35. The number of hydrogen-bond donors (Lipinski definition) is 1. The van der Waals surface area contributed by atoms with Gasteiger partial charge < -0.3 is 9.88 Å². The molecule has 0 unspecified atom stereocenters. The molecule has 0 aliphatic carbocycles. The third-order valence-corrected chi connectivity index (χ3v) is 4.64. The Morgan fingerprint density at radius 2 is 2.29 bits per heavy atom. The maximum Gasteiger partial charge on any atom is 0.266 e. The minimum absolute atomic E-state index is 0.0402. The molecule has 2 aromatic heterocycles. The number of piperidine rings is 1. The largest absolute Gasteiger partial charge is 0.338 e. The van der Waals surface area contributed by atoms with E-state index in [0.717, 1.165) is 37.2 Å². The average Bonchev–Trinajstić information content (AvgIpc) is 2.57. The first-order chi connectivity index (χ1) is 11.5. The highest BCUT2D eigenvalue weighted by atomic mass is 35.5. The van der Waals surface area contributed by atoms with Gasteiger partial charge in [-0.2, -0.15) is 0 Å². The lowest BCUT2D eigenvalue weighted by Gasteiger charge is -2.32. The van der Waals surface area contributed by atoms with E-state index >= 15 is 0 Å². The predicted octanol–water partition coefficient (Wildman–Crippen LogP) is 2.83. The van der Waals surface area contributed by atoms with Crippen LogP contribution in [0.1, 0.15) is 34.6 Å². The molecular weight excluding hydrogens is 326 g/mol. The van der Waals surface area contributed by atoms with Gasteiger partial charge in [0.2, 0.25) is 0 Å². The molecule has 3 heterocycles. The fraction of sp³-hybridized carbons (Fsp3) is 0.389. The Morgan fingerprint density at radius 3 is 3.04 bits per heavy atom. The van der Waals surface area contributed by atoms with Crippen LogP contribution in [-0.2, 0) is 6.42 Å². The Labute approximate surface area is 145 Å². The average molecular weight is 346 g/mol. The monoisotopic (exact) mass is 345 g/mol. The molecule has 1 aliphatic rings. The summed E-state index contributed by atoms with van der Waals surface area (Å²) < 4.78 is 0. The second-order valence-electron chi connectivity index (χ2n) is 6.30. The Balaban J connectivity index is 1.69. The smallest absolute Gasteiger partial charge is 0.266 e. The molecule has 5 nitrogen and oxygen atoms in total. The highest BCUT2D eigenvalue weighted by Crippen LogP contribution is 2.22. The molecule has 126 valence electrons. The number of amides is 1. The lowest BCUT2D eigenvalue weighted by Crippen LogP contribution is -2.40. The number of hydrogen-bond acceptors (Lipinski definition) is 3. The first-order valence-corrected chi connectivity index (χ1v) is 8.51. The Kier molecular flexibility index (Phi) is 5.00. The Hall–Kier alpha value is -2.14. The summed E-state index contributed by atoms with van der Waals surface area (Å²) in [5, 5.41) is 0.0402. The van der Waals surface area contributed by atoms with E-state index in [-0.39, 0.29) is 16.5 Å². The lowest BCUT2D eigenvalue weighted by molar-refractivity contribution is 0.0672. The molecule has 0 bridgehead atoms. The van der Waals surface area contributed by atoms with E-state index in [4.69, 9.17) is 11.6 Å². The number of nitrogens with one attached hydrogen (secondary N) is 1. The summed E-state index contributed by atoms with van der Waals surface area (Å²) >= 11 is 5.82. The van der Waals surface area contributed by atoms with Crippen LogP contribution >= 0.6 is 11.6 Å². The standard InChI is InChI=1S/C18H20ClN3O2/c1-12-4-2-6-15(21-12)8-13-5-3-7-22(11-13)18(24)14-9-16(19)17(23)20-10-14/h2,4,6,9-10,13H,3,5,7-8,11H2,1H3,(H,20,23)/t13-/m1/s1. The number of rotatable bonds is 3. The van der Waals surface area contributed by atoms with Crippen LogP contribution in [-0.4, -0.2) is 33.9 Å². The fourth-order valence-corrected chi connectivity index (χ4v) is 3.36. The number of aromatic amines is 1. The van der Waals surface area contributed by atoms with Crippen LogP contribution in [0.4, 0.5) is 0 Å². The number of pyridine rings is 2. The lowest BCUT2D eigenvalue weighted by atomic mass is 9.92. The first kappa shape index (κ1) is 16.7. The summed E-state index contributed by atoms with van der Waals surface area (Å²) in [4.78, 5) is 32.9. The molecule has 2 aromatic rings. The number of carbonyl (C=O) groups is 1. The second kappa shape index (κ2) is 7.18. The van der Waals surface area contributed by atoms with Gasteiger partial charge in [-0.25, -0.2) is 0 Å². The summed E-state index contributed by atoms with van der Waals surface area (Å²) in [6.45, 7) is 3.42. The zero-order valence-corrected chi connectivity index (χ0v) is 14.3. The topological polar surface area (TPSA) is 66.1 Å². The Bertz CT molecular complexity index is 803. The van der Waals surface area contributed by atoms with Crippen LogP contribution in [0, 0.1) is 12.8 Å². The van der Waals surface area contributed by atoms with E-state index in [1.807, 2.05) is 30.0 Å². The van der Waals surface area contributed by atoms with Crippen molar-refractivity contribution in [3.05, 3.63) is 62.8 Å². The van der Waals surface area contributed by atoms with Crippen molar-refractivity contribution in [2.75, 3.05) is 13.1 Å². The van der Waals surface area contributed by atoms with Gasteiger partial charge in [0, 0.05) is 30.7 Å².